The molecule has 1 atom stereocenters. The van der Waals surface area contributed by atoms with Crippen molar-refractivity contribution in [3.8, 4) is 0 Å². The highest BCUT2D eigenvalue weighted by Gasteiger charge is 2.36. The topological polar surface area (TPSA) is 55.8 Å². The van der Waals surface area contributed by atoms with E-state index in [1.807, 2.05) is 13.8 Å². The number of benzene rings is 1. The second kappa shape index (κ2) is 7.11. The molecule has 3 rings (SSSR count). The Morgan fingerprint density at radius 2 is 2.12 bits per heavy atom. The lowest BCUT2D eigenvalue weighted by Crippen LogP contribution is -2.49. The van der Waals surface area contributed by atoms with Crippen LogP contribution >= 0.6 is 0 Å². The second-order valence-corrected chi connectivity index (χ2v) is 7.50. The molecule has 5 heteroatoms. The molecule has 1 unspecified atom stereocenters. The van der Waals surface area contributed by atoms with Crippen LogP contribution in [0.3, 0.4) is 0 Å². The van der Waals surface area contributed by atoms with Crippen molar-refractivity contribution < 1.29 is 9.90 Å². The number of nitrogens with one attached hydrogen (secondary N) is 1. The third-order valence-corrected chi connectivity index (χ3v) is 5.21. The second-order valence-electron chi connectivity index (χ2n) is 7.50. The molecule has 2 heterocycles. The minimum atomic E-state index is -0.754. The maximum atomic E-state index is 12.2. The summed E-state index contributed by atoms with van der Waals surface area (Å²) in [6.07, 6.45) is 3.10. The summed E-state index contributed by atoms with van der Waals surface area (Å²) in [4.78, 5) is 16.7. The summed E-state index contributed by atoms with van der Waals surface area (Å²) >= 11 is 0. The van der Waals surface area contributed by atoms with Crippen LogP contribution in [0.5, 0.6) is 0 Å². The molecule has 1 saturated heterocycles. The number of para-hydroxylation sites is 1. The zero-order chi connectivity index (χ0) is 17.2. The number of fused-ring (bicyclic) bond motifs is 1. The molecule has 1 aromatic carbocycles. The van der Waals surface area contributed by atoms with Crippen LogP contribution in [0, 0.1) is 0 Å². The Kier molecular flexibility index (Phi) is 5.11. The van der Waals surface area contributed by atoms with Gasteiger partial charge in [-0.25, -0.2) is 0 Å². The van der Waals surface area contributed by atoms with Gasteiger partial charge in [0.2, 0.25) is 5.91 Å². The molecule has 0 saturated carbocycles. The number of hydrogen-bond donors (Lipinski definition) is 2. The van der Waals surface area contributed by atoms with Crippen molar-refractivity contribution in [2.75, 3.05) is 37.6 Å². The van der Waals surface area contributed by atoms with Crippen molar-refractivity contribution >= 4 is 11.6 Å². The molecule has 0 aliphatic carbocycles. The number of hydrogen-bond acceptors (Lipinski definition) is 4. The van der Waals surface area contributed by atoms with Gasteiger partial charge in [-0.15, -0.1) is 0 Å². The molecule has 2 aliphatic heterocycles. The van der Waals surface area contributed by atoms with Gasteiger partial charge in [-0.3, -0.25) is 9.69 Å². The van der Waals surface area contributed by atoms with Gasteiger partial charge < -0.3 is 15.3 Å². The van der Waals surface area contributed by atoms with Crippen LogP contribution in [0.25, 0.3) is 0 Å². The minimum Gasteiger partial charge on any atom is -0.389 e. The molecule has 0 aromatic heterocycles. The Bertz CT molecular complexity index is 582. The van der Waals surface area contributed by atoms with E-state index in [9.17, 15) is 9.90 Å². The smallest absolute Gasteiger partial charge is 0.234 e. The normalized spacial score (nSPS) is 21.1. The average molecular weight is 331 g/mol. The van der Waals surface area contributed by atoms with Crippen molar-refractivity contribution in [2.24, 2.45) is 0 Å². The van der Waals surface area contributed by atoms with Crippen molar-refractivity contribution in [3.63, 3.8) is 0 Å². The van der Waals surface area contributed by atoms with E-state index in [1.165, 1.54) is 11.3 Å². The van der Waals surface area contributed by atoms with Crippen LogP contribution in [0.2, 0.25) is 0 Å². The number of nitrogens with zero attached hydrogens (tertiary/aromatic N) is 2. The molecular formula is C19H29N3O2. The van der Waals surface area contributed by atoms with Crippen molar-refractivity contribution in [2.45, 2.75) is 44.8 Å². The van der Waals surface area contributed by atoms with Gasteiger partial charge in [0.1, 0.15) is 0 Å². The molecule has 2 N–H and O–H groups in total. The molecule has 24 heavy (non-hydrogen) atoms. The number of likely N-dealkylation sites (tertiary alicyclic amines) is 1. The fourth-order valence-electron chi connectivity index (χ4n) is 4.02. The minimum absolute atomic E-state index is 0.0543. The Morgan fingerprint density at radius 3 is 2.92 bits per heavy atom. The molecule has 0 spiro atoms. The quantitative estimate of drug-likeness (QED) is 0.827. The van der Waals surface area contributed by atoms with E-state index in [0.29, 0.717) is 13.1 Å². The first kappa shape index (κ1) is 17.2. The summed E-state index contributed by atoms with van der Waals surface area (Å²) in [7, 11) is 0. The lowest BCUT2D eigenvalue weighted by molar-refractivity contribution is -0.123. The van der Waals surface area contributed by atoms with Gasteiger partial charge in [-0.2, -0.15) is 0 Å². The summed E-state index contributed by atoms with van der Waals surface area (Å²) in [5.41, 5.74) is 1.94. The number of carbonyl (C=O) groups excluding carboxylic acids is 1. The summed E-state index contributed by atoms with van der Waals surface area (Å²) in [6, 6.07) is 8.56. The van der Waals surface area contributed by atoms with E-state index in [0.717, 1.165) is 38.9 Å². The third-order valence-electron chi connectivity index (χ3n) is 5.21. The summed E-state index contributed by atoms with van der Waals surface area (Å²) in [5.74, 6) is 0.0543. The molecule has 1 aromatic rings. The van der Waals surface area contributed by atoms with E-state index in [1.54, 1.807) is 0 Å². The molecule has 132 valence electrons. The number of carbonyl (C=O) groups is 1. The maximum absolute atomic E-state index is 12.2. The Balaban J connectivity index is 1.44. The number of rotatable bonds is 6. The first-order valence-corrected chi connectivity index (χ1v) is 9.01. The molecule has 0 bridgehead atoms. The van der Waals surface area contributed by atoms with Crippen molar-refractivity contribution in [3.05, 3.63) is 29.8 Å². The van der Waals surface area contributed by atoms with Crippen LogP contribution < -0.4 is 10.2 Å². The van der Waals surface area contributed by atoms with Crippen molar-refractivity contribution in [1.82, 2.24) is 10.2 Å². The van der Waals surface area contributed by atoms with Gasteiger partial charge in [0.15, 0.2) is 0 Å². The average Bonchev–Trinajstić information content (AvgIpc) is 3.14. The number of amides is 1. The zero-order valence-corrected chi connectivity index (χ0v) is 14.8. The van der Waals surface area contributed by atoms with Gasteiger partial charge in [0.25, 0.3) is 0 Å². The van der Waals surface area contributed by atoms with E-state index in [2.05, 4.69) is 39.4 Å². The van der Waals surface area contributed by atoms with Gasteiger partial charge in [0, 0.05) is 31.4 Å². The van der Waals surface area contributed by atoms with E-state index in [4.69, 9.17) is 0 Å². The first-order chi connectivity index (χ1) is 11.4. The molecule has 1 amide bonds. The highest BCUT2D eigenvalue weighted by atomic mass is 16.3. The lowest BCUT2D eigenvalue weighted by atomic mass is 9.97. The predicted molar refractivity (Wildman–Crippen MR) is 96.3 cm³/mol. The number of anilines is 1. The van der Waals surface area contributed by atoms with Gasteiger partial charge in [-0.05, 0) is 51.3 Å². The fraction of sp³-hybridized carbons (Fsp3) is 0.632. The Hall–Kier alpha value is -1.59. The SMILES string of the molecule is CC(C)(O)C1CCCN1CC(=O)NCCN1CCc2ccccc21. The molecule has 5 nitrogen and oxygen atoms in total. The fourth-order valence-corrected chi connectivity index (χ4v) is 4.02. The number of aliphatic hydroxyl groups is 1. The predicted octanol–water partition coefficient (Wildman–Crippen LogP) is 1.40. The maximum Gasteiger partial charge on any atom is 0.234 e. The lowest BCUT2D eigenvalue weighted by Gasteiger charge is -2.33. The van der Waals surface area contributed by atoms with Gasteiger partial charge in [-0.1, -0.05) is 18.2 Å². The summed E-state index contributed by atoms with van der Waals surface area (Å²) in [5, 5.41) is 13.3. The van der Waals surface area contributed by atoms with Crippen LogP contribution in [-0.2, 0) is 11.2 Å². The first-order valence-electron chi connectivity index (χ1n) is 9.01. The molecule has 1 fully saturated rings. The van der Waals surface area contributed by atoms with Crippen LogP contribution in [0.1, 0.15) is 32.3 Å². The highest BCUT2D eigenvalue weighted by Crippen LogP contribution is 2.27. The highest BCUT2D eigenvalue weighted by molar-refractivity contribution is 5.78. The Labute approximate surface area is 144 Å². The van der Waals surface area contributed by atoms with E-state index in [-0.39, 0.29) is 11.9 Å². The molecular weight excluding hydrogens is 302 g/mol. The van der Waals surface area contributed by atoms with Crippen LogP contribution in [0.4, 0.5) is 5.69 Å². The monoisotopic (exact) mass is 331 g/mol. The summed E-state index contributed by atoms with van der Waals surface area (Å²) < 4.78 is 0. The van der Waals surface area contributed by atoms with E-state index >= 15 is 0 Å². The largest absolute Gasteiger partial charge is 0.389 e. The van der Waals surface area contributed by atoms with Crippen LogP contribution in [0.15, 0.2) is 24.3 Å². The van der Waals surface area contributed by atoms with Crippen LogP contribution in [-0.4, -0.2) is 60.3 Å². The van der Waals surface area contributed by atoms with Gasteiger partial charge in [0.05, 0.1) is 12.1 Å². The van der Waals surface area contributed by atoms with Crippen molar-refractivity contribution in [1.29, 1.82) is 0 Å². The third kappa shape index (κ3) is 3.90. The standard InChI is InChI=1S/C19H29N3O2/c1-19(2,24)17-8-5-11-22(17)14-18(23)20-10-13-21-12-9-15-6-3-4-7-16(15)21/h3-4,6-7,17,24H,5,8-14H2,1-2H3,(H,20,23). The Morgan fingerprint density at radius 1 is 1.33 bits per heavy atom. The molecule has 2 aliphatic rings. The van der Waals surface area contributed by atoms with Gasteiger partial charge >= 0.3 is 0 Å². The zero-order valence-electron chi connectivity index (χ0n) is 14.8. The summed E-state index contributed by atoms with van der Waals surface area (Å²) in [6.45, 7) is 7.47. The van der Waals surface area contributed by atoms with E-state index < -0.39 is 5.60 Å². The molecule has 0 radical (unpaired) electrons.